The molecular weight excluding hydrogens is 504 g/mol. The molecule has 0 radical (unpaired) electrons. The van der Waals surface area contributed by atoms with Gasteiger partial charge in [-0.25, -0.2) is 9.59 Å². The van der Waals surface area contributed by atoms with Crippen molar-refractivity contribution in [1.82, 2.24) is 9.80 Å². The summed E-state index contributed by atoms with van der Waals surface area (Å²) < 4.78 is 0. The van der Waals surface area contributed by atoms with Crippen molar-refractivity contribution in [3.8, 4) is 0 Å². The van der Waals surface area contributed by atoms with Crippen LogP contribution >= 0.6 is 0 Å². The monoisotopic (exact) mass is 530 g/mol. The van der Waals surface area contributed by atoms with Gasteiger partial charge in [0.25, 0.3) is 0 Å². The molecule has 0 unspecified atom stereocenters. The van der Waals surface area contributed by atoms with Crippen molar-refractivity contribution in [3.63, 3.8) is 0 Å². The predicted molar refractivity (Wildman–Crippen MR) is 132 cm³/mol. The van der Waals surface area contributed by atoms with Crippen molar-refractivity contribution in [2.24, 2.45) is 0 Å². The van der Waals surface area contributed by atoms with Gasteiger partial charge in [-0.15, -0.1) is 0 Å². The van der Waals surface area contributed by atoms with Crippen molar-refractivity contribution in [3.05, 3.63) is 59.7 Å². The first kappa shape index (κ1) is 29.4. The maximum absolute atomic E-state index is 12.4. The molecule has 14 nitrogen and oxygen atoms in total. The van der Waals surface area contributed by atoms with Crippen LogP contribution in [0.4, 0.5) is 11.4 Å². The molecule has 14 heteroatoms. The van der Waals surface area contributed by atoms with Crippen molar-refractivity contribution in [1.29, 1.82) is 0 Å². The summed E-state index contributed by atoms with van der Waals surface area (Å²) >= 11 is 0. The maximum Gasteiger partial charge on any atom is 0.335 e. The number of hydrogen-bond acceptors (Lipinski definition) is 8. The van der Waals surface area contributed by atoms with Crippen molar-refractivity contribution in [2.75, 3.05) is 49.9 Å². The van der Waals surface area contributed by atoms with E-state index in [0.717, 1.165) is 0 Å². The van der Waals surface area contributed by atoms with E-state index in [-0.39, 0.29) is 37.3 Å². The van der Waals surface area contributed by atoms with E-state index in [9.17, 15) is 39.0 Å². The fourth-order valence-corrected chi connectivity index (χ4v) is 3.29. The highest BCUT2D eigenvalue weighted by Crippen LogP contribution is 2.11. The summed E-state index contributed by atoms with van der Waals surface area (Å²) in [5.74, 6) is -5.88. The molecule has 2 amide bonds. The Morgan fingerprint density at radius 1 is 0.526 bits per heavy atom. The molecule has 0 aliphatic heterocycles. The van der Waals surface area contributed by atoms with Crippen LogP contribution < -0.4 is 10.6 Å². The van der Waals surface area contributed by atoms with Gasteiger partial charge < -0.3 is 31.1 Å². The van der Waals surface area contributed by atoms with E-state index in [0.29, 0.717) is 11.4 Å². The Morgan fingerprint density at radius 2 is 0.842 bits per heavy atom. The lowest BCUT2D eigenvalue weighted by Crippen LogP contribution is -2.44. The highest BCUT2D eigenvalue weighted by atomic mass is 16.4. The van der Waals surface area contributed by atoms with Gasteiger partial charge in [0.15, 0.2) is 0 Å². The molecule has 0 aliphatic rings. The minimum Gasteiger partial charge on any atom is -0.480 e. The second-order valence-corrected chi connectivity index (χ2v) is 8.07. The third-order valence-electron chi connectivity index (χ3n) is 5.02. The minimum atomic E-state index is -1.23. The molecule has 2 rings (SSSR count). The smallest absolute Gasteiger partial charge is 0.335 e. The third kappa shape index (κ3) is 10.4. The van der Waals surface area contributed by atoms with E-state index in [1.807, 2.05) is 0 Å². The van der Waals surface area contributed by atoms with Crippen molar-refractivity contribution >= 4 is 47.1 Å². The molecule has 0 fully saturated rings. The SMILES string of the molecule is O=C(O)CN(CCN(CC(=O)O)CC(=O)Nc1ccc(C(=O)O)cc1)CC(=O)Nc1ccc(C(=O)O)cc1. The van der Waals surface area contributed by atoms with Gasteiger partial charge in [0.2, 0.25) is 11.8 Å². The lowest BCUT2D eigenvalue weighted by molar-refractivity contribution is -0.140. The number of carboxylic acid groups (broad SMARTS) is 4. The second-order valence-electron chi connectivity index (χ2n) is 8.07. The number of carbonyl (C=O) groups is 6. The van der Waals surface area contributed by atoms with E-state index in [1.54, 1.807) is 0 Å². The van der Waals surface area contributed by atoms with Gasteiger partial charge in [0.1, 0.15) is 0 Å². The van der Waals surface area contributed by atoms with E-state index < -0.39 is 48.8 Å². The lowest BCUT2D eigenvalue weighted by Gasteiger charge is -2.25. The molecule has 2 aromatic rings. The van der Waals surface area contributed by atoms with Gasteiger partial charge >= 0.3 is 23.9 Å². The Kier molecular flexibility index (Phi) is 10.9. The van der Waals surface area contributed by atoms with Crippen LogP contribution in [0, 0.1) is 0 Å². The number of aromatic carboxylic acids is 2. The first-order valence-corrected chi connectivity index (χ1v) is 11.1. The summed E-state index contributed by atoms with van der Waals surface area (Å²) in [4.78, 5) is 71.8. The van der Waals surface area contributed by atoms with Crippen LogP contribution in [0.3, 0.4) is 0 Å². The molecule has 2 aromatic carbocycles. The van der Waals surface area contributed by atoms with Crippen LogP contribution in [0.15, 0.2) is 48.5 Å². The summed E-state index contributed by atoms with van der Waals surface area (Å²) in [5, 5.41) is 41.3. The quantitative estimate of drug-likeness (QED) is 0.185. The number of anilines is 2. The summed E-state index contributed by atoms with van der Waals surface area (Å²) in [6.07, 6.45) is 0. The summed E-state index contributed by atoms with van der Waals surface area (Å²) in [6, 6.07) is 10.7. The van der Waals surface area contributed by atoms with Gasteiger partial charge in [-0.05, 0) is 48.5 Å². The van der Waals surface area contributed by atoms with Crippen LogP contribution in [0.1, 0.15) is 20.7 Å². The lowest BCUT2D eigenvalue weighted by atomic mass is 10.2. The van der Waals surface area contributed by atoms with Gasteiger partial charge in [-0.1, -0.05) is 0 Å². The highest BCUT2D eigenvalue weighted by molar-refractivity contribution is 5.94. The molecule has 0 heterocycles. The Balaban J connectivity index is 1.97. The Labute approximate surface area is 216 Å². The average molecular weight is 530 g/mol. The zero-order chi connectivity index (χ0) is 28.2. The standard InChI is InChI=1S/C24H26N4O10/c29-19(25-17-5-1-15(2-6-17)23(35)36)11-27(13-21(31)32)9-10-28(14-22(33)34)12-20(30)26-18-7-3-16(4-8-18)24(37)38/h1-8H,9-14H2,(H,25,29)(H,26,30)(H,31,32)(H,33,34)(H,35,36)(H,37,38). The third-order valence-corrected chi connectivity index (χ3v) is 5.02. The first-order chi connectivity index (χ1) is 17.9. The normalized spacial score (nSPS) is 10.7. The Hall–Kier alpha value is -4.82. The molecule has 0 spiro atoms. The minimum absolute atomic E-state index is 0.0235. The topological polar surface area (TPSA) is 214 Å². The van der Waals surface area contributed by atoms with E-state index in [4.69, 9.17) is 10.2 Å². The number of hydrogen-bond donors (Lipinski definition) is 6. The molecule has 0 aliphatic carbocycles. The van der Waals surface area contributed by atoms with Crippen LogP contribution in [-0.2, 0) is 19.2 Å². The summed E-state index contributed by atoms with van der Waals surface area (Å²) in [7, 11) is 0. The number of nitrogens with one attached hydrogen (secondary N) is 2. The summed E-state index contributed by atoms with van der Waals surface area (Å²) in [6.45, 7) is -1.92. The number of amides is 2. The number of carbonyl (C=O) groups excluding carboxylic acids is 2. The molecule has 0 aromatic heterocycles. The zero-order valence-electron chi connectivity index (χ0n) is 20.0. The Morgan fingerprint density at radius 3 is 1.11 bits per heavy atom. The number of carboxylic acids is 4. The number of rotatable bonds is 15. The molecule has 0 atom stereocenters. The number of nitrogens with zero attached hydrogens (tertiary/aromatic N) is 2. The fourth-order valence-electron chi connectivity index (χ4n) is 3.29. The maximum atomic E-state index is 12.4. The van der Waals surface area contributed by atoms with Gasteiger partial charge in [-0.3, -0.25) is 29.0 Å². The zero-order valence-corrected chi connectivity index (χ0v) is 20.0. The second kappa shape index (κ2) is 14.1. The van der Waals surface area contributed by atoms with Crippen LogP contribution in [0.2, 0.25) is 0 Å². The van der Waals surface area contributed by atoms with E-state index >= 15 is 0 Å². The van der Waals surface area contributed by atoms with E-state index in [1.165, 1.54) is 58.3 Å². The molecule has 202 valence electrons. The molecule has 0 saturated carbocycles. The number of benzene rings is 2. The van der Waals surface area contributed by atoms with Crippen LogP contribution in [0.25, 0.3) is 0 Å². The fraction of sp³-hybridized carbons (Fsp3) is 0.250. The van der Waals surface area contributed by atoms with Crippen LogP contribution in [-0.4, -0.2) is 105 Å². The largest absolute Gasteiger partial charge is 0.480 e. The van der Waals surface area contributed by atoms with Gasteiger partial charge in [-0.2, -0.15) is 0 Å². The predicted octanol–water partition coefficient (Wildman–Crippen LogP) is 0.433. The van der Waals surface area contributed by atoms with Crippen LogP contribution in [0.5, 0.6) is 0 Å². The highest BCUT2D eigenvalue weighted by Gasteiger charge is 2.19. The molecule has 6 N–H and O–H groups in total. The average Bonchev–Trinajstić information content (AvgIpc) is 2.82. The number of aliphatic carboxylic acids is 2. The van der Waals surface area contributed by atoms with Crippen molar-refractivity contribution in [2.45, 2.75) is 0 Å². The van der Waals surface area contributed by atoms with Gasteiger partial charge in [0, 0.05) is 24.5 Å². The molecular formula is C24H26N4O10. The summed E-state index contributed by atoms with van der Waals surface area (Å²) in [5.41, 5.74) is 0.650. The molecule has 38 heavy (non-hydrogen) atoms. The van der Waals surface area contributed by atoms with Gasteiger partial charge in [0.05, 0.1) is 37.3 Å². The molecule has 0 saturated heterocycles. The van der Waals surface area contributed by atoms with Crippen molar-refractivity contribution < 1.29 is 49.2 Å². The first-order valence-electron chi connectivity index (χ1n) is 11.1. The molecule has 0 bridgehead atoms. The van der Waals surface area contributed by atoms with E-state index in [2.05, 4.69) is 10.6 Å². The Bertz CT molecular complexity index is 1090.